The summed E-state index contributed by atoms with van der Waals surface area (Å²) in [5.74, 6) is -0.315. The van der Waals surface area contributed by atoms with Crippen LogP contribution in [-0.2, 0) is 4.79 Å². The molecule has 3 heterocycles. The second-order valence-electron chi connectivity index (χ2n) is 6.90. The second kappa shape index (κ2) is 7.42. The van der Waals surface area contributed by atoms with Crippen LogP contribution in [0.5, 0.6) is 0 Å². The van der Waals surface area contributed by atoms with E-state index >= 15 is 0 Å². The van der Waals surface area contributed by atoms with Crippen molar-refractivity contribution in [2.75, 3.05) is 11.1 Å². The minimum absolute atomic E-state index is 0.0499. The van der Waals surface area contributed by atoms with E-state index in [4.69, 9.17) is 0 Å². The molecule has 0 aliphatic carbocycles. The van der Waals surface area contributed by atoms with E-state index in [2.05, 4.69) is 15.4 Å². The van der Waals surface area contributed by atoms with Crippen molar-refractivity contribution in [1.29, 1.82) is 0 Å². The largest absolute Gasteiger partial charge is 0.324 e. The zero-order valence-corrected chi connectivity index (χ0v) is 16.5. The van der Waals surface area contributed by atoms with Crippen molar-refractivity contribution in [3.63, 3.8) is 0 Å². The summed E-state index contributed by atoms with van der Waals surface area (Å²) in [5.41, 5.74) is 1.19. The third-order valence-electron chi connectivity index (χ3n) is 4.94. The van der Waals surface area contributed by atoms with Gasteiger partial charge in [0.25, 0.3) is 5.56 Å². The molecule has 150 valence electrons. The van der Waals surface area contributed by atoms with Crippen LogP contribution >= 0.6 is 11.8 Å². The van der Waals surface area contributed by atoms with E-state index in [1.54, 1.807) is 21.4 Å². The highest BCUT2D eigenvalue weighted by atomic mass is 32.2. The number of halogens is 1. The van der Waals surface area contributed by atoms with Crippen LogP contribution in [0.3, 0.4) is 0 Å². The van der Waals surface area contributed by atoms with Gasteiger partial charge >= 0.3 is 0 Å². The van der Waals surface area contributed by atoms with E-state index in [-0.39, 0.29) is 29.6 Å². The number of rotatable bonds is 4. The summed E-state index contributed by atoms with van der Waals surface area (Å²) in [6, 6.07) is 15.1. The van der Waals surface area contributed by atoms with Gasteiger partial charge in [0.1, 0.15) is 11.2 Å². The second-order valence-corrected chi connectivity index (χ2v) is 7.88. The molecule has 0 saturated carbocycles. The Morgan fingerprint density at radius 3 is 2.73 bits per heavy atom. The van der Waals surface area contributed by atoms with E-state index < -0.39 is 5.82 Å². The summed E-state index contributed by atoms with van der Waals surface area (Å²) in [5, 5.41) is 7.85. The van der Waals surface area contributed by atoms with Crippen LogP contribution in [0.4, 0.5) is 10.1 Å². The Kier molecular flexibility index (Phi) is 4.59. The molecular formula is C21H16FN5O2S. The fraction of sp³-hybridized carbons (Fsp3) is 0.143. The first-order chi connectivity index (χ1) is 14.6. The number of thioether (sulfide) groups is 1. The highest BCUT2D eigenvalue weighted by Gasteiger charge is 2.29. The van der Waals surface area contributed by atoms with Gasteiger partial charge in [-0.1, -0.05) is 42.1 Å². The van der Waals surface area contributed by atoms with E-state index in [9.17, 15) is 14.0 Å². The minimum Gasteiger partial charge on any atom is -0.324 e. The molecule has 0 radical (unpaired) electrons. The molecule has 1 aliphatic heterocycles. The first-order valence-electron chi connectivity index (χ1n) is 9.34. The van der Waals surface area contributed by atoms with E-state index in [1.807, 2.05) is 30.3 Å². The molecule has 5 rings (SSSR count). The Morgan fingerprint density at radius 1 is 1.17 bits per heavy atom. The molecule has 1 atom stereocenters. The van der Waals surface area contributed by atoms with Gasteiger partial charge < -0.3 is 5.32 Å². The van der Waals surface area contributed by atoms with Crippen molar-refractivity contribution >= 4 is 34.4 Å². The summed E-state index contributed by atoms with van der Waals surface area (Å²) in [6.07, 6.45) is 1.55. The highest BCUT2D eigenvalue weighted by Crippen LogP contribution is 2.33. The maximum atomic E-state index is 13.8. The fourth-order valence-corrected chi connectivity index (χ4v) is 4.65. The predicted molar refractivity (Wildman–Crippen MR) is 113 cm³/mol. The summed E-state index contributed by atoms with van der Waals surface area (Å²) in [7, 11) is 0. The number of amides is 1. The number of benzene rings is 2. The lowest BCUT2D eigenvalue weighted by Crippen LogP contribution is -2.27. The lowest BCUT2D eigenvalue weighted by molar-refractivity contribution is -0.116. The molecule has 4 aromatic rings. The number of hydrogen-bond donors (Lipinski definition) is 1. The van der Waals surface area contributed by atoms with Gasteiger partial charge in [-0.05, 0) is 24.3 Å². The maximum absolute atomic E-state index is 13.8. The zero-order chi connectivity index (χ0) is 20.7. The third kappa shape index (κ3) is 3.17. The number of carbonyl (C=O) groups excluding carboxylic acids is 1. The van der Waals surface area contributed by atoms with Gasteiger partial charge in [-0.2, -0.15) is 5.10 Å². The normalized spacial score (nSPS) is 15.3. The molecule has 1 aliphatic rings. The van der Waals surface area contributed by atoms with Crippen molar-refractivity contribution in [2.24, 2.45) is 0 Å². The number of carbonyl (C=O) groups is 1. The number of anilines is 1. The Hall–Kier alpha value is -3.46. The Balaban J connectivity index is 1.46. The molecule has 2 aromatic heterocycles. The van der Waals surface area contributed by atoms with Crippen LogP contribution in [0.25, 0.3) is 16.7 Å². The molecule has 0 unspecified atom stereocenters. The third-order valence-corrected chi connectivity index (χ3v) is 6.04. The lowest BCUT2D eigenvalue weighted by atomic mass is 10.2. The molecule has 1 N–H and O–H groups in total. The molecule has 0 saturated heterocycles. The molecule has 2 aromatic carbocycles. The molecular weight excluding hydrogens is 405 g/mol. The van der Waals surface area contributed by atoms with Crippen molar-refractivity contribution < 1.29 is 9.18 Å². The van der Waals surface area contributed by atoms with E-state index in [1.165, 1.54) is 30.1 Å². The van der Waals surface area contributed by atoms with Gasteiger partial charge in [0.15, 0.2) is 10.8 Å². The summed E-state index contributed by atoms with van der Waals surface area (Å²) in [6.45, 7) is 0. The number of fused-ring (bicyclic) bond motifs is 2. The number of nitrogens with zero attached hydrogens (tertiary/aromatic N) is 4. The molecule has 1 amide bonds. The maximum Gasteiger partial charge on any atom is 0.265 e. The fourth-order valence-electron chi connectivity index (χ4n) is 3.52. The number of nitrogens with one attached hydrogen (secondary N) is 1. The van der Waals surface area contributed by atoms with Gasteiger partial charge in [-0.25, -0.2) is 14.1 Å². The van der Waals surface area contributed by atoms with Crippen LogP contribution in [0.1, 0.15) is 12.5 Å². The Labute approximate surface area is 174 Å². The molecule has 7 nitrogen and oxygen atoms in total. The van der Waals surface area contributed by atoms with Gasteiger partial charge in [0.05, 0.1) is 23.6 Å². The summed E-state index contributed by atoms with van der Waals surface area (Å²) in [4.78, 5) is 30.2. The van der Waals surface area contributed by atoms with Gasteiger partial charge in [-0.15, -0.1) is 0 Å². The van der Waals surface area contributed by atoms with Crippen molar-refractivity contribution in [3.05, 3.63) is 77.0 Å². The summed E-state index contributed by atoms with van der Waals surface area (Å²) < 4.78 is 17.0. The number of para-hydroxylation sites is 2. The smallest absolute Gasteiger partial charge is 0.265 e. The van der Waals surface area contributed by atoms with E-state index in [0.29, 0.717) is 21.9 Å². The quantitative estimate of drug-likeness (QED) is 0.511. The van der Waals surface area contributed by atoms with Crippen LogP contribution < -0.4 is 10.9 Å². The Bertz CT molecular complexity index is 1320. The molecule has 0 bridgehead atoms. The predicted octanol–water partition coefficient (Wildman–Crippen LogP) is 3.40. The first kappa shape index (κ1) is 18.6. The van der Waals surface area contributed by atoms with Crippen LogP contribution in [0, 0.1) is 5.82 Å². The standard InChI is InChI=1S/C21H16FN5O2S/c22-16-8-4-5-9-17(16)24-18(28)10-14-12-30-21-25-19-15(20(29)26(14)21)11-23-27(19)13-6-2-1-3-7-13/h1-9,11,14H,10,12H2,(H,24,28)/t14-/m1/s1. The summed E-state index contributed by atoms with van der Waals surface area (Å²) >= 11 is 1.42. The molecule has 0 spiro atoms. The Morgan fingerprint density at radius 2 is 1.93 bits per heavy atom. The van der Waals surface area contributed by atoms with Gasteiger partial charge in [0, 0.05) is 12.2 Å². The lowest BCUT2D eigenvalue weighted by Gasteiger charge is -2.13. The minimum atomic E-state index is -0.499. The van der Waals surface area contributed by atoms with Crippen molar-refractivity contribution in [1.82, 2.24) is 19.3 Å². The monoisotopic (exact) mass is 421 g/mol. The average molecular weight is 421 g/mol. The van der Waals surface area contributed by atoms with Gasteiger partial charge in [0.2, 0.25) is 5.91 Å². The topological polar surface area (TPSA) is 81.8 Å². The molecule has 0 fully saturated rings. The van der Waals surface area contributed by atoms with Crippen LogP contribution in [-0.4, -0.2) is 31.0 Å². The molecule has 30 heavy (non-hydrogen) atoms. The number of hydrogen-bond acceptors (Lipinski definition) is 5. The first-order valence-corrected chi connectivity index (χ1v) is 10.3. The van der Waals surface area contributed by atoms with Crippen molar-refractivity contribution in [2.45, 2.75) is 17.6 Å². The SMILES string of the molecule is O=C(C[C@@H]1CSc2nc3c(cnn3-c3ccccc3)c(=O)n21)Nc1ccccc1F. The average Bonchev–Trinajstić information content (AvgIpc) is 3.35. The van der Waals surface area contributed by atoms with Crippen LogP contribution in [0.15, 0.2) is 70.7 Å². The van der Waals surface area contributed by atoms with E-state index in [0.717, 1.165) is 5.69 Å². The van der Waals surface area contributed by atoms with Crippen LogP contribution in [0.2, 0.25) is 0 Å². The molecule has 9 heteroatoms. The number of aromatic nitrogens is 4. The van der Waals surface area contributed by atoms with Gasteiger partial charge in [-0.3, -0.25) is 14.2 Å². The highest BCUT2D eigenvalue weighted by molar-refractivity contribution is 7.99. The zero-order valence-electron chi connectivity index (χ0n) is 15.7. The van der Waals surface area contributed by atoms with Crippen molar-refractivity contribution in [3.8, 4) is 5.69 Å².